The second-order valence-electron chi connectivity index (χ2n) is 5.04. The van der Waals surface area contributed by atoms with Crippen molar-refractivity contribution in [1.82, 2.24) is 5.32 Å². The summed E-state index contributed by atoms with van der Waals surface area (Å²) < 4.78 is 5.69. The number of rotatable bonds is 7. The molecule has 1 aromatic heterocycles. The summed E-state index contributed by atoms with van der Waals surface area (Å²) in [6.07, 6.45) is 4.17. The third-order valence-electron chi connectivity index (χ3n) is 3.50. The number of anilines is 2. The predicted octanol–water partition coefficient (Wildman–Crippen LogP) is 2.25. The zero-order valence-corrected chi connectivity index (χ0v) is 13.2. The fourth-order valence-electron chi connectivity index (χ4n) is 2.38. The van der Waals surface area contributed by atoms with Crippen LogP contribution < -0.4 is 16.0 Å². The zero-order chi connectivity index (χ0) is 15.2. The molecule has 2 rings (SSSR count). The van der Waals surface area contributed by atoms with Crippen molar-refractivity contribution in [2.24, 2.45) is 0 Å². The Morgan fingerprint density at radius 1 is 1.71 bits per heavy atom. The summed E-state index contributed by atoms with van der Waals surface area (Å²) in [6, 6.07) is 1.88. The fourth-order valence-corrected chi connectivity index (χ4v) is 3.45. The van der Waals surface area contributed by atoms with Crippen LogP contribution in [0.25, 0.3) is 0 Å². The van der Waals surface area contributed by atoms with E-state index >= 15 is 0 Å². The largest absolute Gasteiger partial charge is 0.397 e. The minimum Gasteiger partial charge on any atom is -0.397 e. The van der Waals surface area contributed by atoms with Gasteiger partial charge >= 0.3 is 0 Å². The lowest BCUT2D eigenvalue weighted by Crippen LogP contribution is -2.31. The Morgan fingerprint density at radius 2 is 2.52 bits per heavy atom. The molecule has 2 heterocycles. The summed E-state index contributed by atoms with van der Waals surface area (Å²) in [5.74, 6) is -0.142. The Balaban J connectivity index is 2.07. The molecule has 1 saturated heterocycles. The van der Waals surface area contributed by atoms with Gasteiger partial charge in [-0.05, 0) is 25.8 Å². The number of hydrogen-bond acceptors (Lipinski definition) is 5. The summed E-state index contributed by atoms with van der Waals surface area (Å²) in [5, 5.41) is 3.79. The summed E-state index contributed by atoms with van der Waals surface area (Å²) in [5.41, 5.74) is 6.51. The maximum Gasteiger partial charge on any atom is 0.263 e. The molecule has 1 aromatic rings. The highest BCUT2D eigenvalue weighted by Gasteiger charge is 2.21. The van der Waals surface area contributed by atoms with E-state index < -0.39 is 0 Å². The van der Waals surface area contributed by atoms with Crippen molar-refractivity contribution in [3.8, 4) is 0 Å². The van der Waals surface area contributed by atoms with Gasteiger partial charge in [0.25, 0.3) is 5.91 Å². The third kappa shape index (κ3) is 3.98. The van der Waals surface area contributed by atoms with E-state index in [0.717, 1.165) is 37.5 Å². The molecular formula is C15H23N3O2S. The van der Waals surface area contributed by atoms with Crippen LogP contribution in [-0.2, 0) is 4.74 Å². The van der Waals surface area contributed by atoms with Crippen molar-refractivity contribution in [3.63, 3.8) is 0 Å². The van der Waals surface area contributed by atoms with Crippen LogP contribution in [0.5, 0.6) is 0 Å². The van der Waals surface area contributed by atoms with Gasteiger partial charge in [-0.2, -0.15) is 0 Å². The molecule has 0 saturated carbocycles. The molecule has 1 amide bonds. The molecular weight excluding hydrogens is 286 g/mol. The van der Waals surface area contributed by atoms with Crippen LogP contribution in [0.1, 0.15) is 29.4 Å². The first-order valence-corrected chi connectivity index (χ1v) is 8.12. The van der Waals surface area contributed by atoms with Crippen molar-refractivity contribution in [2.45, 2.75) is 25.9 Å². The van der Waals surface area contributed by atoms with E-state index in [1.165, 1.54) is 11.3 Å². The van der Waals surface area contributed by atoms with Crippen LogP contribution in [0.2, 0.25) is 0 Å². The third-order valence-corrected chi connectivity index (χ3v) is 4.71. The maximum absolute atomic E-state index is 12.0. The Kier molecular flexibility index (Phi) is 5.64. The average Bonchev–Trinajstić information content (AvgIpc) is 3.11. The van der Waals surface area contributed by atoms with E-state index in [4.69, 9.17) is 10.5 Å². The first-order valence-electron chi connectivity index (χ1n) is 7.30. The van der Waals surface area contributed by atoms with E-state index in [9.17, 15) is 4.79 Å². The Labute approximate surface area is 129 Å². The minimum atomic E-state index is -0.142. The van der Waals surface area contributed by atoms with Crippen molar-refractivity contribution in [3.05, 3.63) is 23.6 Å². The molecule has 0 aliphatic carbocycles. The van der Waals surface area contributed by atoms with Gasteiger partial charge in [0.2, 0.25) is 0 Å². The zero-order valence-electron chi connectivity index (χ0n) is 12.4. The lowest BCUT2D eigenvalue weighted by atomic mass is 10.2. The van der Waals surface area contributed by atoms with E-state index in [2.05, 4.69) is 23.7 Å². The number of nitrogens with zero attached hydrogens (tertiary/aromatic N) is 1. The molecule has 1 aliphatic heterocycles. The molecule has 0 radical (unpaired) electrons. The summed E-state index contributed by atoms with van der Waals surface area (Å²) in [7, 11) is 0. The van der Waals surface area contributed by atoms with Gasteiger partial charge in [0.1, 0.15) is 4.88 Å². The molecule has 21 heavy (non-hydrogen) atoms. The van der Waals surface area contributed by atoms with Crippen LogP contribution in [0, 0.1) is 0 Å². The Hall–Kier alpha value is -1.53. The maximum atomic E-state index is 12.0. The van der Waals surface area contributed by atoms with Gasteiger partial charge in [-0.15, -0.1) is 17.9 Å². The molecule has 116 valence electrons. The quantitative estimate of drug-likeness (QED) is 0.758. The number of hydrogen-bond donors (Lipinski definition) is 2. The van der Waals surface area contributed by atoms with Gasteiger partial charge in [0.15, 0.2) is 0 Å². The summed E-state index contributed by atoms with van der Waals surface area (Å²) in [4.78, 5) is 14.8. The van der Waals surface area contributed by atoms with Gasteiger partial charge in [0.05, 0.1) is 16.8 Å². The monoisotopic (exact) mass is 309 g/mol. The molecule has 0 spiro atoms. The number of nitrogen functional groups attached to an aromatic ring is 1. The first-order chi connectivity index (χ1) is 10.2. The van der Waals surface area contributed by atoms with Crippen LogP contribution >= 0.6 is 11.3 Å². The van der Waals surface area contributed by atoms with Crippen LogP contribution in [0.15, 0.2) is 18.7 Å². The number of amides is 1. The highest BCUT2D eigenvalue weighted by Crippen LogP contribution is 2.32. The molecule has 6 heteroatoms. The van der Waals surface area contributed by atoms with Gasteiger partial charge in [-0.25, -0.2) is 0 Å². The summed E-state index contributed by atoms with van der Waals surface area (Å²) >= 11 is 1.43. The highest BCUT2D eigenvalue weighted by molar-refractivity contribution is 7.18. The number of thiophene rings is 1. The van der Waals surface area contributed by atoms with E-state index in [0.29, 0.717) is 17.1 Å². The van der Waals surface area contributed by atoms with E-state index in [-0.39, 0.29) is 12.0 Å². The first kappa shape index (κ1) is 15.9. The number of likely N-dealkylation sites (N-methyl/N-ethyl adjacent to an activating group) is 1. The van der Waals surface area contributed by atoms with E-state index in [1.54, 1.807) is 6.08 Å². The number of carbonyl (C=O) groups is 1. The van der Waals surface area contributed by atoms with Crippen molar-refractivity contribution < 1.29 is 9.53 Å². The van der Waals surface area contributed by atoms with Gasteiger partial charge in [-0.3, -0.25) is 4.79 Å². The van der Waals surface area contributed by atoms with Gasteiger partial charge in [0, 0.05) is 26.2 Å². The van der Waals surface area contributed by atoms with Crippen LogP contribution in [0.3, 0.4) is 0 Å². The van der Waals surface area contributed by atoms with Crippen LogP contribution in [0.4, 0.5) is 10.7 Å². The normalized spacial score (nSPS) is 17.7. The molecule has 1 atom stereocenters. The minimum absolute atomic E-state index is 0.142. The summed E-state index contributed by atoms with van der Waals surface area (Å²) in [6.45, 7) is 8.70. The van der Waals surface area contributed by atoms with E-state index in [1.807, 2.05) is 6.07 Å². The average molecular weight is 309 g/mol. The Bertz CT molecular complexity index is 495. The van der Waals surface area contributed by atoms with Gasteiger partial charge < -0.3 is 20.7 Å². The molecule has 1 aliphatic rings. The second-order valence-corrected chi connectivity index (χ2v) is 6.07. The number of carbonyl (C=O) groups excluding carboxylic acids is 1. The fraction of sp³-hybridized carbons (Fsp3) is 0.533. The topological polar surface area (TPSA) is 67.6 Å². The predicted molar refractivity (Wildman–Crippen MR) is 88.1 cm³/mol. The highest BCUT2D eigenvalue weighted by atomic mass is 32.1. The van der Waals surface area contributed by atoms with Crippen LogP contribution in [-0.4, -0.2) is 38.3 Å². The number of ether oxygens (including phenoxy) is 1. The van der Waals surface area contributed by atoms with Crippen molar-refractivity contribution in [1.29, 1.82) is 0 Å². The lowest BCUT2D eigenvalue weighted by molar-refractivity contribution is 0.0963. The van der Waals surface area contributed by atoms with Crippen molar-refractivity contribution >= 4 is 27.9 Å². The molecule has 0 bridgehead atoms. The smallest absolute Gasteiger partial charge is 0.263 e. The molecule has 0 aromatic carbocycles. The van der Waals surface area contributed by atoms with Crippen molar-refractivity contribution in [2.75, 3.05) is 36.9 Å². The van der Waals surface area contributed by atoms with Gasteiger partial charge in [-0.1, -0.05) is 6.08 Å². The molecule has 1 unspecified atom stereocenters. The molecule has 3 N–H and O–H groups in total. The lowest BCUT2D eigenvalue weighted by Gasteiger charge is -2.24. The molecule has 1 fully saturated rings. The number of nitrogens with one attached hydrogen (secondary N) is 1. The Morgan fingerprint density at radius 3 is 3.14 bits per heavy atom. The molecule has 5 nitrogen and oxygen atoms in total. The SMILES string of the molecule is C=CCNC(=O)c1sc(N(CC)CC2CCCO2)cc1N. The second kappa shape index (κ2) is 7.47. The number of nitrogens with two attached hydrogens (primary N) is 1. The standard InChI is InChI=1S/C15H23N3O2S/c1-3-7-17-15(19)14-12(16)9-13(21-14)18(4-2)10-11-6-5-8-20-11/h3,9,11H,1,4-8,10,16H2,2H3,(H,17,19).